The van der Waals surface area contributed by atoms with Crippen LogP contribution in [-0.4, -0.2) is 22.5 Å². The number of nitrogens with zero attached hydrogens (tertiary/aromatic N) is 1. The molecule has 4 heteroatoms. The number of aliphatic hydroxyl groups excluding tert-OH is 1. The molecule has 3 nitrogen and oxygen atoms in total. The molecule has 0 bridgehead atoms. The first-order valence-corrected chi connectivity index (χ1v) is 5.85. The van der Waals surface area contributed by atoms with Crippen molar-refractivity contribution in [2.45, 2.75) is 12.2 Å². The third-order valence-electron chi connectivity index (χ3n) is 2.66. The predicted molar refractivity (Wildman–Crippen MR) is 70.6 cm³/mol. The van der Waals surface area contributed by atoms with E-state index < -0.39 is 6.61 Å². The Balaban J connectivity index is 2.50. The zero-order chi connectivity index (χ0) is 12.4. The van der Waals surface area contributed by atoms with E-state index in [0.717, 1.165) is 16.3 Å². The second-order valence-electron chi connectivity index (χ2n) is 3.93. The van der Waals surface area contributed by atoms with Crippen LogP contribution in [0.3, 0.4) is 0 Å². The number of hydrogen-bond donors (Lipinski definition) is 2. The van der Waals surface area contributed by atoms with E-state index in [4.69, 9.17) is 5.11 Å². The van der Waals surface area contributed by atoms with E-state index in [2.05, 4.69) is 17.6 Å². The summed E-state index contributed by atoms with van der Waals surface area (Å²) in [5, 5.41) is 10.9. The van der Waals surface area contributed by atoms with Crippen molar-refractivity contribution in [3.63, 3.8) is 0 Å². The van der Waals surface area contributed by atoms with Gasteiger partial charge in [-0.3, -0.25) is 9.78 Å². The lowest BCUT2D eigenvalue weighted by Crippen LogP contribution is -2.06. The number of fused-ring (bicyclic) bond motifs is 1. The van der Waals surface area contributed by atoms with Crippen molar-refractivity contribution in [2.75, 3.05) is 6.61 Å². The van der Waals surface area contributed by atoms with Gasteiger partial charge in [0.2, 0.25) is 5.78 Å². The molecule has 1 unspecified atom stereocenters. The molecule has 0 saturated carbocycles. The molecular formula is C13H13NO2S. The smallest absolute Gasteiger partial charge is 0.206 e. The molecule has 1 heterocycles. The number of hydrogen-bond acceptors (Lipinski definition) is 4. The van der Waals surface area contributed by atoms with Crippen LogP contribution < -0.4 is 0 Å². The number of carbonyl (C=O) groups is 1. The number of Topliss-reactive ketones (excluding diaryl/α,β-unsaturated/α-hetero) is 1. The van der Waals surface area contributed by atoms with Crippen molar-refractivity contribution in [2.24, 2.45) is 0 Å². The number of carbonyl (C=O) groups excluding carboxylic acids is 1. The van der Waals surface area contributed by atoms with E-state index in [9.17, 15) is 4.79 Å². The van der Waals surface area contributed by atoms with Crippen LogP contribution in [0.2, 0.25) is 0 Å². The van der Waals surface area contributed by atoms with Crippen molar-refractivity contribution in [1.82, 2.24) is 4.98 Å². The highest BCUT2D eigenvalue weighted by molar-refractivity contribution is 7.80. The van der Waals surface area contributed by atoms with Gasteiger partial charge in [-0.15, -0.1) is 0 Å². The van der Waals surface area contributed by atoms with E-state index >= 15 is 0 Å². The monoisotopic (exact) mass is 247 g/mol. The van der Waals surface area contributed by atoms with Crippen molar-refractivity contribution in [3.05, 3.63) is 41.7 Å². The topological polar surface area (TPSA) is 50.2 Å². The molecule has 0 aliphatic carbocycles. The van der Waals surface area contributed by atoms with Crippen LogP contribution in [0.15, 0.2) is 30.5 Å². The van der Waals surface area contributed by atoms with Crippen LogP contribution in [-0.2, 0) is 0 Å². The van der Waals surface area contributed by atoms with E-state index in [-0.39, 0.29) is 11.0 Å². The highest BCUT2D eigenvalue weighted by Crippen LogP contribution is 2.23. The number of pyridine rings is 1. The van der Waals surface area contributed by atoms with Gasteiger partial charge < -0.3 is 5.11 Å². The summed E-state index contributed by atoms with van der Waals surface area (Å²) >= 11 is 4.37. The molecule has 1 N–H and O–H groups in total. The quantitative estimate of drug-likeness (QED) is 0.647. The molecule has 1 aromatic carbocycles. The minimum Gasteiger partial charge on any atom is -0.388 e. The first kappa shape index (κ1) is 12.1. The van der Waals surface area contributed by atoms with E-state index in [1.807, 2.05) is 25.1 Å². The minimum absolute atomic E-state index is 0.165. The van der Waals surface area contributed by atoms with Gasteiger partial charge in [0.1, 0.15) is 12.3 Å². The molecule has 0 saturated heterocycles. The van der Waals surface area contributed by atoms with Crippen molar-refractivity contribution in [1.29, 1.82) is 0 Å². The maximum absolute atomic E-state index is 11.3. The average Bonchev–Trinajstić information content (AvgIpc) is 2.36. The Morgan fingerprint density at radius 2 is 2.18 bits per heavy atom. The fraction of sp³-hybridized carbons (Fsp3) is 0.231. The van der Waals surface area contributed by atoms with Gasteiger partial charge in [-0.2, -0.15) is 12.6 Å². The normalized spacial score (nSPS) is 12.6. The Morgan fingerprint density at radius 1 is 1.41 bits per heavy atom. The fourth-order valence-corrected chi connectivity index (χ4v) is 1.81. The zero-order valence-corrected chi connectivity index (χ0v) is 10.3. The second kappa shape index (κ2) is 4.85. The standard InChI is InChI=1S/C13H13NO2S/c1-8(17)9-2-3-10-5-12(13(16)7-15)14-6-11(10)4-9/h2-6,8,15,17H,7H2,1H3. The number of aliphatic hydroxyl groups is 1. The molecular weight excluding hydrogens is 234 g/mol. The van der Waals surface area contributed by atoms with Crippen molar-refractivity contribution in [3.8, 4) is 0 Å². The van der Waals surface area contributed by atoms with Gasteiger partial charge >= 0.3 is 0 Å². The largest absolute Gasteiger partial charge is 0.388 e. The summed E-state index contributed by atoms with van der Waals surface area (Å²) in [6.45, 7) is 1.49. The Kier molecular flexibility index (Phi) is 3.45. The molecule has 88 valence electrons. The van der Waals surface area contributed by atoms with E-state index in [1.165, 1.54) is 0 Å². The number of rotatable bonds is 3. The van der Waals surface area contributed by atoms with Crippen LogP contribution in [0.25, 0.3) is 10.8 Å². The summed E-state index contributed by atoms with van der Waals surface area (Å²) < 4.78 is 0. The Morgan fingerprint density at radius 3 is 2.82 bits per heavy atom. The van der Waals surface area contributed by atoms with Crippen LogP contribution in [0.4, 0.5) is 0 Å². The SMILES string of the molecule is CC(S)c1ccc2cc(C(=O)CO)ncc2c1. The van der Waals surface area contributed by atoms with Gasteiger partial charge in [-0.05, 0) is 30.0 Å². The number of thiol groups is 1. The maximum atomic E-state index is 11.3. The fourth-order valence-electron chi connectivity index (χ4n) is 1.65. The molecule has 2 aromatic rings. The summed E-state index contributed by atoms with van der Waals surface area (Å²) in [6, 6.07) is 7.62. The molecule has 17 heavy (non-hydrogen) atoms. The molecule has 0 fully saturated rings. The van der Waals surface area contributed by atoms with Gasteiger partial charge in [0.15, 0.2) is 0 Å². The van der Waals surface area contributed by atoms with Gasteiger partial charge in [-0.25, -0.2) is 0 Å². The third kappa shape index (κ3) is 2.48. The maximum Gasteiger partial charge on any atom is 0.206 e. The molecule has 1 atom stereocenters. The zero-order valence-electron chi connectivity index (χ0n) is 9.42. The second-order valence-corrected chi connectivity index (χ2v) is 4.71. The van der Waals surface area contributed by atoms with Gasteiger partial charge in [0.25, 0.3) is 0 Å². The van der Waals surface area contributed by atoms with Crippen LogP contribution in [0.5, 0.6) is 0 Å². The first-order chi connectivity index (χ1) is 8.11. The number of benzene rings is 1. The van der Waals surface area contributed by atoms with Crippen LogP contribution >= 0.6 is 12.6 Å². The predicted octanol–water partition coefficient (Wildman–Crippen LogP) is 2.40. The van der Waals surface area contributed by atoms with Crippen LogP contribution in [0.1, 0.15) is 28.2 Å². The van der Waals surface area contributed by atoms with Crippen LogP contribution in [0, 0.1) is 0 Å². The molecule has 1 aromatic heterocycles. The van der Waals surface area contributed by atoms with E-state index in [0.29, 0.717) is 5.69 Å². The lowest BCUT2D eigenvalue weighted by molar-refractivity contribution is 0.0899. The molecule has 0 aliphatic rings. The van der Waals surface area contributed by atoms with Gasteiger partial charge in [-0.1, -0.05) is 12.1 Å². The third-order valence-corrected chi connectivity index (χ3v) is 2.96. The molecule has 0 amide bonds. The highest BCUT2D eigenvalue weighted by atomic mass is 32.1. The number of ketones is 1. The summed E-state index contributed by atoms with van der Waals surface area (Å²) in [5.74, 6) is -0.362. The summed E-state index contributed by atoms with van der Waals surface area (Å²) in [7, 11) is 0. The average molecular weight is 247 g/mol. The first-order valence-electron chi connectivity index (χ1n) is 5.33. The lowest BCUT2D eigenvalue weighted by Gasteiger charge is -2.06. The van der Waals surface area contributed by atoms with E-state index in [1.54, 1.807) is 12.3 Å². The van der Waals surface area contributed by atoms with Crippen molar-refractivity contribution < 1.29 is 9.90 Å². The van der Waals surface area contributed by atoms with Gasteiger partial charge in [0.05, 0.1) is 0 Å². The molecule has 0 radical (unpaired) electrons. The Bertz CT molecular complexity index is 566. The summed E-state index contributed by atoms with van der Waals surface area (Å²) in [4.78, 5) is 15.4. The van der Waals surface area contributed by atoms with Crippen molar-refractivity contribution >= 4 is 29.2 Å². The Labute approximate surface area is 105 Å². The minimum atomic E-state index is -0.510. The molecule has 0 spiro atoms. The number of aromatic nitrogens is 1. The summed E-state index contributed by atoms with van der Waals surface area (Å²) in [5.41, 5.74) is 1.41. The molecule has 0 aliphatic heterocycles. The Hall–Kier alpha value is -1.39. The highest BCUT2D eigenvalue weighted by Gasteiger charge is 2.07. The van der Waals surface area contributed by atoms with Gasteiger partial charge in [0, 0.05) is 16.8 Å². The molecule has 2 rings (SSSR count). The lowest BCUT2D eigenvalue weighted by atomic mass is 10.1. The summed E-state index contributed by atoms with van der Waals surface area (Å²) in [6.07, 6.45) is 1.65.